The van der Waals surface area contributed by atoms with Gasteiger partial charge in [-0.05, 0) is 5.56 Å². The van der Waals surface area contributed by atoms with Gasteiger partial charge in [0, 0.05) is 6.54 Å². The molecule has 0 aromatic heterocycles. The molecule has 16 heavy (non-hydrogen) atoms. The molecule has 88 valence electrons. The topological polar surface area (TPSA) is 47.6 Å². The minimum Gasteiger partial charge on any atom is -0.315 e. The van der Waals surface area contributed by atoms with Gasteiger partial charge in [0.05, 0.1) is 0 Å². The quantitative estimate of drug-likeness (QED) is 0.646. The molecule has 0 unspecified atom stereocenters. The zero-order valence-electron chi connectivity index (χ0n) is 7.95. The average molecular weight is 235 g/mol. The Hall–Kier alpha value is -1.76. The molecule has 1 aromatic carbocycles. The number of amides is 1. The monoisotopic (exact) mass is 235 g/mol. The molecule has 0 bridgehead atoms. The molecule has 0 atom stereocenters. The number of halogens is 3. The Bertz CT molecular complexity index is 340. The zero-order valence-corrected chi connectivity index (χ0v) is 7.95. The molecule has 0 saturated carbocycles. The molecular weight excluding hydrogens is 227 g/mol. The van der Waals surface area contributed by atoms with E-state index in [0.29, 0.717) is 0 Å². The summed E-state index contributed by atoms with van der Waals surface area (Å²) in [5.74, 6) is 0. The van der Waals surface area contributed by atoms with Crippen molar-refractivity contribution in [3.05, 3.63) is 35.9 Å². The second-order valence-corrected chi connectivity index (χ2v) is 2.74. The van der Waals surface area contributed by atoms with Gasteiger partial charge in [-0.15, -0.1) is 13.2 Å². The van der Waals surface area contributed by atoms with Crippen LogP contribution < -0.4 is 5.32 Å². The van der Waals surface area contributed by atoms with Crippen molar-refractivity contribution in [1.82, 2.24) is 5.32 Å². The summed E-state index contributed by atoms with van der Waals surface area (Å²) in [5, 5.41) is 2.09. The largest absolute Gasteiger partial charge is 0.558 e. The maximum atomic E-state index is 11.5. The first-order valence-electron chi connectivity index (χ1n) is 4.21. The van der Waals surface area contributed by atoms with Crippen molar-refractivity contribution in [1.29, 1.82) is 0 Å². The molecule has 0 aliphatic rings. The van der Waals surface area contributed by atoms with Crippen LogP contribution in [-0.2, 0) is 16.3 Å². The highest BCUT2D eigenvalue weighted by Gasteiger charge is 2.33. The standard InChI is InChI=1S/C9H8F3NO3/c10-9(11,12)16-15-8(14)13-6-7-4-2-1-3-5-7/h1-5H,6H2,(H,13,14). The van der Waals surface area contributed by atoms with E-state index in [-0.39, 0.29) is 6.54 Å². The smallest absolute Gasteiger partial charge is 0.315 e. The number of rotatable bonds is 3. The summed E-state index contributed by atoms with van der Waals surface area (Å²) in [6.07, 6.45) is -6.30. The molecular formula is C9H8F3NO3. The summed E-state index contributed by atoms with van der Waals surface area (Å²) in [5.41, 5.74) is 0.728. The van der Waals surface area contributed by atoms with Crippen molar-refractivity contribution < 1.29 is 27.7 Å². The minimum atomic E-state index is -5.00. The molecule has 0 saturated heterocycles. The molecule has 7 heteroatoms. The van der Waals surface area contributed by atoms with E-state index in [9.17, 15) is 18.0 Å². The van der Waals surface area contributed by atoms with Crippen LogP contribution in [0.3, 0.4) is 0 Å². The Morgan fingerprint density at radius 3 is 2.44 bits per heavy atom. The Morgan fingerprint density at radius 1 is 1.25 bits per heavy atom. The fraction of sp³-hybridized carbons (Fsp3) is 0.222. The van der Waals surface area contributed by atoms with Gasteiger partial charge in [0.2, 0.25) is 0 Å². The predicted molar refractivity (Wildman–Crippen MR) is 46.9 cm³/mol. The van der Waals surface area contributed by atoms with Gasteiger partial charge in [0.1, 0.15) is 0 Å². The lowest BCUT2D eigenvalue weighted by atomic mass is 10.2. The van der Waals surface area contributed by atoms with E-state index in [4.69, 9.17) is 0 Å². The van der Waals surface area contributed by atoms with E-state index in [1.807, 2.05) is 0 Å². The van der Waals surface area contributed by atoms with Crippen molar-refractivity contribution in [3.8, 4) is 0 Å². The van der Waals surface area contributed by atoms with Crippen LogP contribution in [0.1, 0.15) is 5.56 Å². The summed E-state index contributed by atoms with van der Waals surface area (Å²) < 4.78 is 34.4. The highest BCUT2D eigenvalue weighted by atomic mass is 19.4. The first-order chi connectivity index (χ1) is 7.47. The molecule has 0 aliphatic heterocycles. The van der Waals surface area contributed by atoms with Gasteiger partial charge in [0.15, 0.2) is 0 Å². The summed E-state index contributed by atoms with van der Waals surface area (Å²) in [4.78, 5) is 17.0. The molecule has 0 aliphatic carbocycles. The Morgan fingerprint density at radius 2 is 1.88 bits per heavy atom. The van der Waals surface area contributed by atoms with E-state index >= 15 is 0 Å². The lowest BCUT2D eigenvalue weighted by Crippen LogP contribution is -2.27. The van der Waals surface area contributed by atoms with Crippen LogP contribution in [0.4, 0.5) is 18.0 Å². The molecule has 0 spiro atoms. The molecule has 4 nitrogen and oxygen atoms in total. The third-order valence-electron chi connectivity index (χ3n) is 1.49. The van der Waals surface area contributed by atoms with Crippen LogP contribution in [0.25, 0.3) is 0 Å². The number of carbonyl (C=O) groups is 1. The van der Waals surface area contributed by atoms with E-state index in [1.165, 1.54) is 0 Å². The molecule has 0 heterocycles. The first kappa shape index (κ1) is 12.3. The molecule has 0 radical (unpaired) electrons. The van der Waals surface area contributed by atoms with E-state index in [1.54, 1.807) is 30.3 Å². The second-order valence-electron chi connectivity index (χ2n) is 2.74. The van der Waals surface area contributed by atoms with Gasteiger partial charge in [-0.3, -0.25) is 4.89 Å². The third-order valence-corrected chi connectivity index (χ3v) is 1.49. The Labute approximate surface area is 88.9 Å². The van der Waals surface area contributed by atoms with Crippen molar-refractivity contribution in [2.45, 2.75) is 12.9 Å². The van der Waals surface area contributed by atoms with Crippen LogP contribution in [0, 0.1) is 0 Å². The fourth-order valence-electron chi connectivity index (χ4n) is 0.885. The number of nitrogens with one attached hydrogen (secondary N) is 1. The van der Waals surface area contributed by atoms with Gasteiger partial charge < -0.3 is 5.32 Å². The summed E-state index contributed by atoms with van der Waals surface area (Å²) in [6, 6.07) is 8.63. The van der Waals surface area contributed by atoms with Gasteiger partial charge in [-0.2, -0.15) is 0 Å². The third kappa shape index (κ3) is 5.20. The van der Waals surface area contributed by atoms with E-state index < -0.39 is 12.5 Å². The number of hydrogen-bond donors (Lipinski definition) is 1. The second kappa shape index (κ2) is 5.36. The fourth-order valence-corrected chi connectivity index (χ4v) is 0.885. The molecule has 1 N–H and O–H groups in total. The molecule has 1 amide bonds. The summed E-state index contributed by atoms with van der Waals surface area (Å²) in [6.45, 7) is 0.0564. The van der Waals surface area contributed by atoms with Crippen molar-refractivity contribution in [2.75, 3.05) is 0 Å². The molecule has 1 aromatic rings. The van der Waals surface area contributed by atoms with Gasteiger partial charge in [0.25, 0.3) is 0 Å². The van der Waals surface area contributed by atoms with Crippen LogP contribution in [0.15, 0.2) is 30.3 Å². The maximum Gasteiger partial charge on any atom is 0.558 e. The number of benzene rings is 1. The highest BCUT2D eigenvalue weighted by Crippen LogP contribution is 2.16. The average Bonchev–Trinajstić information content (AvgIpc) is 2.24. The lowest BCUT2D eigenvalue weighted by Gasteiger charge is -2.06. The van der Waals surface area contributed by atoms with Crippen molar-refractivity contribution in [2.24, 2.45) is 0 Å². The van der Waals surface area contributed by atoms with Crippen LogP contribution >= 0.6 is 0 Å². The van der Waals surface area contributed by atoms with Gasteiger partial charge >= 0.3 is 12.5 Å². The molecule has 1 rings (SSSR count). The van der Waals surface area contributed by atoms with Crippen molar-refractivity contribution in [3.63, 3.8) is 0 Å². The Kier molecular flexibility index (Phi) is 4.12. The number of hydrogen-bond acceptors (Lipinski definition) is 3. The molecule has 0 fully saturated rings. The normalized spacial score (nSPS) is 10.9. The van der Waals surface area contributed by atoms with Gasteiger partial charge in [-0.1, -0.05) is 35.2 Å². The predicted octanol–water partition coefficient (Wildman–Crippen LogP) is 2.36. The SMILES string of the molecule is O=C(NCc1ccccc1)OOC(F)(F)F. The number of alkyl halides is 3. The van der Waals surface area contributed by atoms with Gasteiger partial charge in [-0.25, -0.2) is 4.79 Å². The maximum absolute atomic E-state index is 11.5. The van der Waals surface area contributed by atoms with Crippen molar-refractivity contribution >= 4 is 6.09 Å². The summed E-state index contributed by atoms with van der Waals surface area (Å²) >= 11 is 0. The first-order valence-corrected chi connectivity index (χ1v) is 4.21. The van der Waals surface area contributed by atoms with Crippen LogP contribution in [-0.4, -0.2) is 12.5 Å². The summed E-state index contributed by atoms with van der Waals surface area (Å²) in [7, 11) is 0. The lowest BCUT2D eigenvalue weighted by molar-refractivity contribution is -0.457. The van der Waals surface area contributed by atoms with Crippen LogP contribution in [0.5, 0.6) is 0 Å². The van der Waals surface area contributed by atoms with E-state index in [0.717, 1.165) is 5.56 Å². The van der Waals surface area contributed by atoms with E-state index in [2.05, 4.69) is 15.1 Å². The highest BCUT2D eigenvalue weighted by molar-refractivity contribution is 5.66. The number of carbonyl (C=O) groups excluding carboxylic acids is 1. The Balaban J connectivity index is 2.26. The van der Waals surface area contributed by atoms with Crippen LogP contribution in [0.2, 0.25) is 0 Å². The minimum absolute atomic E-state index is 0.0564. The zero-order chi connectivity index (χ0) is 12.0.